The van der Waals surface area contributed by atoms with Crippen LogP contribution in [0.25, 0.3) is 16.8 Å². The van der Waals surface area contributed by atoms with Crippen molar-refractivity contribution in [3.63, 3.8) is 0 Å². The van der Waals surface area contributed by atoms with E-state index in [9.17, 15) is 14.7 Å². The van der Waals surface area contributed by atoms with E-state index in [0.29, 0.717) is 22.0 Å². The van der Waals surface area contributed by atoms with E-state index in [0.717, 1.165) is 22.5 Å². The van der Waals surface area contributed by atoms with Crippen LogP contribution in [0.2, 0.25) is 0 Å². The fourth-order valence-corrected chi connectivity index (χ4v) is 4.06. The van der Waals surface area contributed by atoms with E-state index in [1.165, 1.54) is 18.1 Å². The number of imide groups is 1. The van der Waals surface area contributed by atoms with Crippen LogP contribution < -0.4 is 9.47 Å². The van der Waals surface area contributed by atoms with E-state index < -0.39 is 0 Å². The van der Waals surface area contributed by atoms with E-state index in [2.05, 4.69) is 0 Å². The van der Waals surface area contributed by atoms with Gasteiger partial charge in [0.25, 0.3) is 11.1 Å². The Balaban J connectivity index is 1.44. The van der Waals surface area contributed by atoms with E-state index in [1.807, 2.05) is 42.5 Å². The second-order valence-corrected chi connectivity index (χ2v) is 7.58. The minimum Gasteiger partial charge on any atom is -0.504 e. The number of ether oxygens (including phenoxy) is 2. The summed E-state index contributed by atoms with van der Waals surface area (Å²) in [6, 6.07) is 18.4. The van der Waals surface area contributed by atoms with Gasteiger partial charge in [-0.15, -0.1) is 0 Å². The zero-order valence-electron chi connectivity index (χ0n) is 16.2. The first-order chi connectivity index (χ1) is 14.6. The number of hydrogen-bond donors (Lipinski definition) is 1. The van der Waals surface area contributed by atoms with Crippen LogP contribution in [0.3, 0.4) is 0 Å². The predicted molar refractivity (Wildman–Crippen MR) is 117 cm³/mol. The Morgan fingerprint density at radius 3 is 2.67 bits per heavy atom. The molecular weight excluding hydrogens is 402 g/mol. The van der Waals surface area contributed by atoms with Gasteiger partial charge in [-0.05, 0) is 47.0 Å². The van der Waals surface area contributed by atoms with Crippen molar-refractivity contribution >= 4 is 39.8 Å². The molecule has 1 aliphatic rings. The van der Waals surface area contributed by atoms with Crippen LogP contribution in [-0.2, 0) is 4.79 Å². The van der Waals surface area contributed by atoms with Crippen LogP contribution in [0.15, 0.2) is 65.6 Å². The molecule has 0 spiro atoms. The van der Waals surface area contributed by atoms with Crippen LogP contribution in [0.5, 0.6) is 17.2 Å². The zero-order chi connectivity index (χ0) is 21.1. The molecule has 3 aromatic carbocycles. The number of aromatic hydroxyl groups is 1. The average molecular weight is 421 g/mol. The van der Waals surface area contributed by atoms with Gasteiger partial charge in [-0.1, -0.05) is 42.5 Å². The number of phenols is 1. The van der Waals surface area contributed by atoms with Gasteiger partial charge in [0.1, 0.15) is 12.4 Å². The Labute approximate surface area is 177 Å². The summed E-state index contributed by atoms with van der Waals surface area (Å²) in [7, 11) is 1.45. The third kappa shape index (κ3) is 3.97. The summed E-state index contributed by atoms with van der Waals surface area (Å²) in [6.07, 6.45) is 1.61. The van der Waals surface area contributed by atoms with Crippen LogP contribution in [0.4, 0.5) is 4.79 Å². The number of carbonyl (C=O) groups excluding carboxylic acids is 2. The van der Waals surface area contributed by atoms with Gasteiger partial charge in [0.05, 0.1) is 18.6 Å². The van der Waals surface area contributed by atoms with Gasteiger partial charge in [0, 0.05) is 5.39 Å². The first kappa shape index (κ1) is 19.8. The van der Waals surface area contributed by atoms with Crippen molar-refractivity contribution in [2.75, 3.05) is 20.3 Å². The number of carbonyl (C=O) groups is 2. The second kappa shape index (κ2) is 8.51. The molecule has 152 valence electrons. The highest BCUT2D eigenvalue weighted by molar-refractivity contribution is 8.18. The van der Waals surface area contributed by atoms with Gasteiger partial charge in [-0.25, -0.2) is 0 Å². The Bertz CT molecular complexity index is 1150. The third-order valence-corrected chi connectivity index (χ3v) is 5.60. The second-order valence-electron chi connectivity index (χ2n) is 6.59. The quantitative estimate of drug-likeness (QED) is 0.583. The minimum absolute atomic E-state index is 0.00772. The predicted octanol–water partition coefficient (Wildman–Crippen LogP) is 4.67. The molecule has 1 heterocycles. The molecule has 1 N–H and O–H groups in total. The zero-order valence-corrected chi connectivity index (χ0v) is 17.0. The molecule has 1 fully saturated rings. The van der Waals surface area contributed by atoms with E-state index in [1.54, 1.807) is 18.2 Å². The monoisotopic (exact) mass is 421 g/mol. The number of methoxy groups -OCH3 is 1. The first-order valence-corrected chi connectivity index (χ1v) is 10.1. The molecule has 0 atom stereocenters. The van der Waals surface area contributed by atoms with Crippen molar-refractivity contribution < 1.29 is 24.2 Å². The molecule has 1 aliphatic heterocycles. The van der Waals surface area contributed by atoms with Gasteiger partial charge in [0.15, 0.2) is 11.5 Å². The summed E-state index contributed by atoms with van der Waals surface area (Å²) >= 11 is 0.883. The standard InChI is InChI=1S/C23H19NO5S/c1-28-20-13-15(9-10-18(20)25)14-21-22(26)24(23(27)30-21)11-12-29-19-8-4-6-16-5-2-3-7-17(16)19/h2-10,13-14,25H,11-12H2,1H3/b21-14-. The lowest BCUT2D eigenvalue weighted by atomic mass is 10.1. The van der Waals surface area contributed by atoms with Gasteiger partial charge in [0.2, 0.25) is 0 Å². The summed E-state index contributed by atoms with van der Waals surface area (Å²) in [5.41, 5.74) is 0.655. The molecule has 4 rings (SSSR count). The molecule has 1 saturated heterocycles. The van der Waals surface area contributed by atoms with Gasteiger partial charge < -0.3 is 14.6 Å². The number of benzene rings is 3. The van der Waals surface area contributed by atoms with Crippen LogP contribution >= 0.6 is 11.8 Å². The topological polar surface area (TPSA) is 76.1 Å². The fraction of sp³-hybridized carbons (Fsp3) is 0.130. The van der Waals surface area contributed by atoms with Gasteiger partial charge in [-0.3, -0.25) is 14.5 Å². The molecule has 3 aromatic rings. The molecule has 0 saturated carbocycles. The highest BCUT2D eigenvalue weighted by Crippen LogP contribution is 2.34. The number of phenolic OH excluding ortho intramolecular Hbond substituents is 1. The van der Waals surface area contributed by atoms with Crippen molar-refractivity contribution in [1.29, 1.82) is 0 Å². The van der Waals surface area contributed by atoms with E-state index in [4.69, 9.17) is 9.47 Å². The summed E-state index contributed by atoms with van der Waals surface area (Å²) in [5, 5.41) is 11.4. The number of hydrogen-bond acceptors (Lipinski definition) is 6. The first-order valence-electron chi connectivity index (χ1n) is 9.30. The number of thioether (sulfide) groups is 1. The summed E-state index contributed by atoms with van der Waals surface area (Å²) in [6.45, 7) is 0.358. The highest BCUT2D eigenvalue weighted by atomic mass is 32.2. The van der Waals surface area contributed by atoms with Crippen LogP contribution in [0.1, 0.15) is 5.56 Å². The third-order valence-electron chi connectivity index (χ3n) is 4.70. The average Bonchev–Trinajstić information content (AvgIpc) is 3.02. The molecule has 0 bridgehead atoms. The Kier molecular flexibility index (Phi) is 5.63. The van der Waals surface area contributed by atoms with Crippen molar-refractivity contribution in [3.05, 3.63) is 71.1 Å². The normalized spacial score (nSPS) is 15.2. The minimum atomic E-state index is -0.362. The van der Waals surface area contributed by atoms with Crippen molar-refractivity contribution in [3.8, 4) is 17.2 Å². The SMILES string of the molecule is COc1cc(/C=C2\SC(=O)N(CCOc3cccc4ccccc34)C2=O)ccc1O. The van der Waals surface area contributed by atoms with E-state index in [-0.39, 0.29) is 30.0 Å². The van der Waals surface area contributed by atoms with Crippen LogP contribution in [-0.4, -0.2) is 41.4 Å². The maximum atomic E-state index is 12.7. The Morgan fingerprint density at radius 2 is 1.83 bits per heavy atom. The molecule has 0 aliphatic carbocycles. The van der Waals surface area contributed by atoms with Crippen molar-refractivity contribution in [1.82, 2.24) is 4.90 Å². The Hall–Kier alpha value is -3.45. The van der Waals surface area contributed by atoms with Gasteiger partial charge in [-0.2, -0.15) is 0 Å². The fourth-order valence-electron chi connectivity index (χ4n) is 3.20. The number of rotatable bonds is 6. The molecule has 2 amide bonds. The lowest BCUT2D eigenvalue weighted by molar-refractivity contribution is -0.123. The molecule has 30 heavy (non-hydrogen) atoms. The highest BCUT2D eigenvalue weighted by Gasteiger charge is 2.34. The van der Waals surface area contributed by atoms with Crippen LogP contribution in [0, 0.1) is 0 Å². The van der Waals surface area contributed by atoms with Crippen molar-refractivity contribution in [2.24, 2.45) is 0 Å². The smallest absolute Gasteiger partial charge is 0.293 e. The molecule has 7 heteroatoms. The summed E-state index contributed by atoms with van der Waals surface area (Å²) in [5.74, 6) is 0.658. The molecular formula is C23H19NO5S. The number of fused-ring (bicyclic) bond motifs is 1. The molecule has 0 radical (unpaired) electrons. The molecule has 6 nitrogen and oxygen atoms in total. The molecule has 0 aromatic heterocycles. The number of amides is 2. The van der Waals surface area contributed by atoms with Gasteiger partial charge >= 0.3 is 0 Å². The van der Waals surface area contributed by atoms with E-state index >= 15 is 0 Å². The van der Waals surface area contributed by atoms with Crippen molar-refractivity contribution in [2.45, 2.75) is 0 Å². The summed E-state index contributed by atoms with van der Waals surface area (Å²) < 4.78 is 10.9. The molecule has 0 unspecified atom stereocenters. The lowest BCUT2D eigenvalue weighted by Gasteiger charge is -2.14. The maximum Gasteiger partial charge on any atom is 0.293 e. The number of nitrogens with zero attached hydrogens (tertiary/aromatic N) is 1. The maximum absolute atomic E-state index is 12.7. The largest absolute Gasteiger partial charge is 0.504 e. The summed E-state index contributed by atoms with van der Waals surface area (Å²) in [4.78, 5) is 26.5. The Morgan fingerprint density at radius 1 is 1.03 bits per heavy atom. The lowest BCUT2D eigenvalue weighted by Crippen LogP contribution is -2.32.